The number of para-hydroxylation sites is 1. The lowest BCUT2D eigenvalue weighted by atomic mass is 10.3. The summed E-state index contributed by atoms with van der Waals surface area (Å²) in [6, 6.07) is 7.08. The van der Waals surface area contributed by atoms with E-state index in [-0.39, 0.29) is 18.2 Å². The fraction of sp³-hybridized carbons (Fsp3) is 0.200. The van der Waals surface area contributed by atoms with Gasteiger partial charge in [0.25, 0.3) is 5.91 Å². The normalized spacial score (nSPS) is 15.7. The van der Waals surface area contributed by atoms with Crippen LogP contribution in [0.1, 0.15) is 6.42 Å². The Morgan fingerprint density at radius 3 is 2.73 bits per heavy atom. The second-order valence-corrected chi connectivity index (χ2v) is 3.81. The van der Waals surface area contributed by atoms with Crippen LogP contribution in [0.4, 0.5) is 5.69 Å². The Hall–Kier alpha value is -1.06. The standard InChI is InChI=1S/C10H8Cl2N2O/c11-6-7-5-10(15)14(13-7)9-4-2-1-3-8(9)12/h1-4H,5-6H2. The molecule has 5 heteroatoms. The Balaban J connectivity index is 2.36. The molecule has 0 radical (unpaired) electrons. The molecule has 0 spiro atoms. The van der Waals surface area contributed by atoms with Gasteiger partial charge < -0.3 is 0 Å². The van der Waals surface area contributed by atoms with Crippen molar-refractivity contribution in [1.29, 1.82) is 0 Å². The predicted octanol–water partition coefficient (Wildman–Crippen LogP) is 2.67. The highest BCUT2D eigenvalue weighted by Gasteiger charge is 2.25. The quantitative estimate of drug-likeness (QED) is 0.735. The number of halogens is 2. The van der Waals surface area contributed by atoms with E-state index in [1.165, 1.54) is 5.01 Å². The van der Waals surface area contributed by atoms with Gasteiger partial charge >= 0.3 is 0 Å². The number of rotatable bonds is 2. The van der Waals surface area contributed by atoms with Gasteiger partial charge in [-0.2, -0.15) is 10.1 Å². The maximum atomic E-state index is 11.6. The van der Waals surface area contributed by atoms with Gasteiger partial charge in [0, 0.05) is 0 Å². The fourth-order valence-corrected chi connectivity index (χ4v) is 1.73. The Morgan fingerprint density at radius 1 is 1.40 bits per heavy atom. The van der Waals surface area contributed by atoms with E-state index in [9.17, 15) is 4.79 Å². The number of hydrogen-bond donors (Lipinski definition) is 0. The van der Waals surface area contributed by atoms with Crippen LogP contribution in [0.25, 0.3) is 0 Å². The Morgan fingerprint density at radius 2 is 2.13 bits per heavy atom. The van der Waals surface area contributed by atoms with Crippen molar-refractivity contribution in [2.45, 2.75) is 6.42 Å². The first-order chi connectivity index (χ1) is 7.22. The molecule has 78 valence electrons. The predicted molar refractivity (Wildman–Crippen MR) is 61.7 cm³/mol. The molecule has 0 unspecified atom stereocenters. The van der Waals surface area contributed by atoms with Crippen molar-refractivity contribution in [3.8, 4) is 0 Å². The van der Waals surface area contributed by atoms with E-state index < -0.39 is 0 Å². The van der Waals surface area contributed by atoms with Gasteiger partial charge in [-0.3, -0.25) is 4.79 Å². The van der Waals surface area contributed by atoms with Crippen LogP contribution in [-0.4, -0.2) is 17.5 Å². The lowest BCUT2D eigenvalue weighted by molar-refractivity contribution is -0.116. The molecule has 0 aromatic heterocycles. The lowest BCUT2D eigenvalue weighted by Gasteiger charge is -2.12. The fourth-order valence-electron chi connectivity index (χ4n) is 1.37. The second kappa shape index (κ2) is 4.21. The van der Waals surface area contributed by atoms with Crippen molar-refractivity contribution >= 4 is 40.5 Å². The number of hydrogen-bond acceptors (Lipinski definition) is 2. The molecule has 1 heterocycles. The zero-order valence-corrected chi connectivity index (χ0v) is 9.29. The highest BCUT2D eigenvalue weighted by atomic mass is 35.5. The van der Waals surface area contributed by atoms with Gasteiger partial charge in [0.05, 0.1) is 28.7 Å². The highest BCUT2D eigenvalue weighted by Crippen LogP contribution is 2.28. The number of alkyl halides is 1. The van der Waals surface area contributed by atoms with E-state index >= 15 is 0 Å². The third-order valence-corrected chi connectivity index (χ3v) is 2.70. The zero-order valence-electron chi connectivity index (χ0n) is 7.78. The van der Waals surface area contributed by atoms with Crippen LogP contribution in [0.5, 0.6) is 0 Å². The average Bonchev–Trinajstić information content (AvgIpc) is 2.60. The maximum absolute atomic E-state index is 11.6. The molecule has 0 saturated heterocycles. The van der Waals surface area contributed by atoms with Crippen LogP contribution >= 0.6 is 23.2 Å². The smallest absolute Gasteiger partial charge is 0.253 e. The summed E-state index contributed by atoms with van der Waals surface area (Å²) in [6.07, 6.45) is 0.273. The summed E-state index contributed by atoms with van der Waals surface area (Å²) in [7, 11) is 0. The summed E-state index contributed by atoms with van der Waals surface area (Å²) >= 11 is 11.6. The highest BCUT2D eigenvalue weighted by molar-refractivity contribution is 6.35. The van der Waals surface area contributed by atoms with E-state index in [0.29, 0.717) is 16.4 Å². The first-order valence-electron chi connectivity index (χ1n) is 4.42. The van der Waals surface area contributed by atoms with Gasteiger partial charge in [0.15, 0.2) is 0 Å². The number of carbonyl (C=O) groups is 1. The summed E-state index contributed by atoms with van der Waals surface area (Å²) in [5.41, 5.74) is 1.27. The molecule has 0 atom stereocenters. The van der Waals surface area contributed by atoms with E-state index in [0.717, 1.165) is 0 Å². The number of nitrogens with zero attached hydrogens (tertiary/aromatic N) is 2. The maximum Gasteiger partial charge on any atom is 0.253 e. The topological polar surface area (TPSA) is 32.7 Å². The molecule has 1 amide bonds. The van der Waals surface area contributed by atoms with Gasteiger partial charge in [-0.25, -0.2) is 0 Å². The van der Waals surface area contributed by atoms with Crippen LogP contribution in [0.2, 0.25) is 5.02 Å². The second-order valence-electron chi connectivity index (χ2n) is 3.13. The van der Waals surface area contributed by atoms with Gasteiger partial charge in [-0.1, -0.05) is 23.7 Å². The summed E-state index contributed by atoms with van der Waals surface area (Å²) in [6.45, 7) is 0. The molecular weight excluding hydrogens is 235 g/mol. The minimum absolute atomic E-state index is 0.0984. The van der Waals surface area contributed by atoms with Gasteiger partial charge in [0.2, 0.25) is 0 Å². The van der Waals surface area contributed by atoms with Crippen LogP contribution in [0.15, 0.2) is 29.4 Å². The van der Waals surface area contributed by atoms with Crippen molar-refractivity contribution in [2.24, 2.45) is 5.10 Å². The number of carbonyl (C=O) groups excluding carboxylic acids is 1. The first kappa shape index (κ1) is 10.5. The molecule has 0 aliphatic carbocycles. The molecule has 1 aromatic rings. The van der Waals surface area contributed by atoms with E-state index in [1.807, 2.05) is 6.07 Å². The third-order valence-electron chi connectivity index (χ3n) is 2.07. The van der Waals surface area contributed by atoms with Crippen molar-refractivity contribution in [3.63, 3.8) is 0 Å². The van der Waals surface area contributed by atoms with Crippen LogP contribution in [0.3, 0.4) is 0 Å². The van der Waals surface area contributed by atoms with E-state index in [2.05, 4.69) is 5.10 Å². The van der Waals surface area contributed by atoms with Crippen molar-refractivity contribution in [2.75, 3.05) is 10.9 Å². The molecule has 0 saturated carbocycles. The molecule has 0 fully saturated rings. The largest absolute Gasteiger partial charge is 0.272 e. The Bertz CT molecular complexity index is 431. The number of amides is 1. The van der Waals surface area contributed by atoms with Crippen molar-refractivity contribution < 1.29 is 4.79 Å². The van der Waals surface area contributed by atoms with Gasteiger partial charge in [-0.15, -0.1) is 11.6 Å². The molecule has 3 nitrogen and oxygen atoms in total. The molecular formula is C10H8Cl2N2O. The Labute approximate surface area is 97.3 Å². The summed E-state index contributed by atoms with van der Waals surface area (Å²) in [5.74, 6) is 0.172. The Kier molecular flexibility index (Phi) is 2.93. The van der Waals surface area contributed by atoms with Crippen LogP contribution in [0, 0.1) is 0 Å². The zero-order chi connectivity index (χ0) is 10.8. The molecule has 0 bridgehead atoms. The van der Waals surface area contributed by atoms with E-state index in [1.54, 1.807) is 18.2 Å². The summed E-state index contributed by atoms with van der Waals surface area (Å²) < 4.78 is 0. The summed E-state index contributed by atoms with van der Waals surface area (Å²) in [4.78, 5) is 11.6. The molecule has 0 N–H and O–H groups in total. The minimum Gasteiger partial charge on any atom is -0.272 e. The monoisotopic (exact) mass is 242 g/mol. The molecule has 15 heavy (non-hydrogen) atoms. The van der Waals surface area contributed by atoms with Gasteiger partial charge in [-0.05, 0) is 12.1 Å². The number of anilines is 1. The van der Waals surface area contributed by atoms with E-state index in [4.69, 9.17) is 23.2 Å². The van der Waals surface area contributed by atoms with Crippen molar-refractivity contribution in [3.05, 3.63) is 29.3 Å². The van der Waals surface area contributed by atoms with Crippen molar-refractivity contribution in [1.82, 2.24) is 0 Å². The number of benzene rings is 1. The van der Waals surface area contributed by atoms with Gasteiger partial charge in [0.1, 0.15) is 0 Å². The SMILES string of the molecule is O=C1CC(CCl)=NN1c1ccccc1Cl. The summed E-state index contributed by atoms with van der Waals surface area (Å²) in [5, 5.41) is 5.91. The first-order valence-corrected chi connectivity index (χ1v) is 5.33. The van der Waals surface area contributed by atoms with Crippen LogP contribution in [-0.2, 0) is 4.79 Å². The number of hydrazone groups is 1. The minimum atomic E-state index is -0.0984. The molecule has 1 aliphatic rings. The molecule has 1 aliphatic heterocycles. The molecule has 2 rings (SSSR count). The average molecular weight is 243 g/mol. The molecule has 1 aromatic carbocycles. The third kappa shape index (κ3) is 1.98. The van der Waals surface area contributed by atoms with Crippen LogP contribution < -0.4 is 5.01 Å². The lowest BCUT2D eigenvalue weighted by Crippen LogP contribution is -2.19.